The number of hydrogen-bond donors (Lipinski definition) is 0. The van der Waals surface area contributed by atoms with Crippen LogP contribution in [0.1, 0.15) is 5.69 Å². The van der Waals surface area contributed by atoms with E-state index in [0.717, 1.165) is 18.3 Å². The molecule has 23 heavy (non-hydrogen) atoms. The van der Waals surface area contributed by atoms with Gasteiger partial charge in [-0.1, -0.05) is 0 Å². The van der Waals surface area contributed by atoms with Gasteiger partial charge in [0.2, 0.25) is 0 Å². The summed E-state index contributed by atoms with van der Waals surface area (Å²) >= 11 is 0. The van der Waals surface area contributed by atoms with E-state index in [0.29, 0.717) is 31.9 Å². The Hall–Kier alpha value is -2.15. The standard InChI is InChI=1S/C16H15F4N3/c17-11-1-2-16(14(20)7-11)23-5-3-22(4-6-23)10-15-13(19)8-12(18)9-21-15/h1-2,7-9H,3-6,10H2. The SMILES string of the molecule is Fc1ccc(N2CCN(Cc3ncc(F)cc3F)CC2)c(F)c1. The van der Waals surface area contributed by atoms with Gasteiger partial charge in [-0.25, -0.2) is 17.6 Å². The van der Waals surface area contributed by atoms with Gasteiger partial charge < -0.3 is 4.90 Å². The Morgan fingerprint density at radius 1 is 0.870 bits per heavy atom. The quantitative estimate of drug-likeness (QED) is 0.809. The molecule has 1 fully saturated rings. The van der Waals surface area contributed by atoms with Gasteiger partial charge >= 0.3 is 0 Å². The third-order valence-corrected chi connectivity index (χ3v) is 3.88. The molecule has 3 nitrogen and oxygen atoms in total. The Bertz CT molecular complexity index is 700. The van der Waals surface area contributed by atoms with Gasteiger partial charge in [0, 0.05) is 44.9 Å². The lowest BCUT2D eigenvalue weighted by molar-refractivity contribution is 0.242. The molecule has 0 unspecified atom stereocenters. The van der Waals surface area contributed by atoms with Crippen molar-refractivity contribution in [1.29, 1.82) is 0 Å². The van der Waals surface area contributed by atoms with Crippen molar-refractivity contribution in [1.82, 2.24) is 9.88 Å². The first kappa shape index (κ1) is 15.7. The molecule has 2 heterocycles. The molecule has 0 bridgehead atoms. The summed E-state index contributed by atoms with van der Waals surface area (Å²) in [5.74, 6) is -2.58. The molecule has 122 valence electrons. The summed E-state index contributed by atoms with van der Waals surface area (Å²) < 4.78 is 53.2. The van der Waals surface area contributed by atoms with Crippen LogP contribution in [-0.2, 0) is 6.54 Å². The zero-order valence-electron chi connectivity index (χ0n) is 12.3. The zero-order valence-corrected chi connectivity index (χ0v) is 12.3. The molecule has 0 aliphatic carbocycles. The molecule has 1 saturated heterocycles. The smallest absolute Gasteiger partial charge is 0.149 e. The highest BCUT2D eigenvalue weighted by atomic mass is 19.1. The van der Waals surface area contributed by atoms with Gasteiger partial charge in [-0.2, -0.15) is 0 Å². The van der Waals surface area contributed by atoms with E-state index in [-0.39, 0.29) is 12.2 Å². The van der Waals surface area contributed by atoms with Crippen LogP contribution in [0.15, 0.2) is 30.5 Å². The molecule has 1 aromatic heterocycles. The number of hydrogen-bond acceptors (Lipinski definition) is 3. The molecule has 1 aliphatic rings. The third-order valence-electron chi connectivity index (χ3n) is 3.88. The molecular formula is C16H15F4N3. The highest BCUT2D eigenvalue weighted by Crippen LogP contribution is 2.22. The first-order valence-electron chi connectivity index (χ1n) is 7.25. The van der Waals surface area contributed by atoms with Crippen LogP contribution >= 0.6 is 0 Å². The highest BCUT2D eigenvalue weighted by Gasteiger charge is 2.21. The fourth-order valence-electron chi connectivity index (χ4n) is 2.66. The van der Waals surface area contributed by atoms with Crippen molar-refractivity contribution in [3.8, 4) is 0 Å². The molecule has 2 aromatic rings. The normalized spacial score (nSPS) is 15.9. The number of benzene rings is 1. The van der Waals surface area contributed by atoms with E-state index in [1.165, 1.54) is 12.1 Å². The number of halogens is 4. The summed E-state index contributed by atoms with van der Waals surface area (Å²) in [6.07, 6.45) is 0.989. The zero-order chi connectivity index (χ0) is 16.4. The van der Waals surface area contributed by atoms with Crippen molar-refractivity contribution in [2.24, 2.45) is 0 Å². The van der Waals surface area contributed by atoms with E-state index in [2.05, 4.69) is 4.98 Å². The van der Waals surface area contributed by atoms with Gasteiger partial charge in [0.05, 0.1) is 17.6 Å². The molecule has 7 heteroatoms. The largest absolute Gasteiger partial charge is 0.367 e. The predicted octanol–water partition coefficient (Wildman–Crippen LogP) is 2.96. The Morgan fingerprint density at radius 2 is 1.57 bits per heavy atom. The molecule has 0 amide bonds. The number of anilines is 1. The van der Waals surface area contributed by atoms with Gasteiger partial charge in [-0.15, -0.1) is 0 Å². The van der Waals surface area contributed by atoms with Gasteiger partial charge in [-0.3, -0.25) is 9.88 Å². The predicted molar refractivity (Wildman–Crippen MR) is 78.0 cm³/mol. The van der Waals surface area contributed by atoms with Crippen LogP contribution in [0, 0.1) is 23.3 Å². The van der Waals surface area contributed by atoms with E-state index >= 15 is 0 Å². The second kappa shape index (κ2) is 6.54. The van der Waals surface area contributed by atoms with Crippen molar-refractivity contribution in [2.75, 3.05) is 31.1 Å². The van der Waals surface area contributed by atoms with Gasteiger partial charge in [0.25, 0.3) is 0 Å². The Kier molecular flexibility index (Phi) is 4.47. The lowest BCUT2D eigenvalue weighted by Gasteiger charge is -2.36. The average molecular weight is 325 g/mol. The first-order chi connectivity index (χ1) is 11.0. The minimum Gasteiger partial charge on any atom is -0.367 e. The van der Waals surface area contributed by atoms with Gasteiger partial charge in [-0.05, 0) is 12.1 Å². The van der Waals surface area contributed by atoms with Crippen LogP contribution in [0.5, 0.6) is 0 Å². The van der Waals surface area contributed by atoms with Crippen molar-refractivity contribution < 1.29 is 17.6 Å². The molecule has 0 spiro atoms. The van der Waals surface area contributed by atoms with E-state index in [1.54, 1.807) is 0 Å². The van der Waals surface area contributed by atoms with Crippen LogP contribution in [0.25, 0.3) is 0 Å². The lowest BCUT2D eigenvalue weighted by Crippen LogP contribution is -2.46. The van der Waals surface area contributed by atoms with Crippen LogP contribution in [0.2, 0.25) is 0 Å². The number of rotatable bonds is 3. The maximum atomic E-state index is 13.8. The van der Waals surface area contributed by atoms with Crippen molar-refractivity contribution in [2.45, 2.75) is 6.54 Å². The van der Waals surface area contributed by atoms with Crippen molar-refractivity contribution in [3.63, 3.8) is 0 Å². The second-order valence-electron chi connectivity index (χ2n) is 5.44. The summed E-state index contributed by atoms with van der Waals surface area (Å²) in [6, 6.07) is 4.32. The molecule has 0 atom stereocenters. The lowest BCUT2D eigenvalue weighted by atomic mass is 10.2. The monoisotopic (exact) mass is 325 g/mol. The number of aromatic nitrogens is 1. The maximum Gasteiger partial charge on any atom is 0.149 e. The molecule has 0 saturated carbocycles. The fourth-order valence-corrected chi connectivity index (χ4v) is 2.66. The van der Waals surface area contributed by atoms with Crippen LogP contribution in [0.4, 0.5) is 23.2 Å². The number of piperazine rings is 1. The van der Waals surface area contributed by atoms with Gasteiger partial charge in [0.1, 0.15) is 23.3 Å². The summed E-state index contributed by atoms with van der Waals surface area (Å²) in [7, 11) is 0. The van der Waals surface area contributed by atoms with Crippen LogP contribution < -0.4 is 4.90 Å². The summed E-state index contributed by atoms with van der Waals surface area (Å²) in [4.78, 5) is 7.54. The van der Waals surface area contributed by atoms with E-state index in [4.69, 9.17) is 0 Å². The topological polar surface area (TPSA) is 19.4 Å². The van der Waals surface area contributed by atoms with E-state index < -0.39 is 23.3 Å². The first-order valence-corrected chi connectivity index (χ1v) is 7.25. The van der Waals surface area contributed by atoms with Gasteiger partial charge in [0.15, 0.2) is 0 Å². The molecule has 0 N–H and O–H groups in total. The molecular weight excluding hydrogens is 310 g/mol. The molecule has 3 rings (SSSR count). The number of pyridine rings is 1. The maximum absolute atomic E-state index is 13.8. The molecule has 0 radical (unpaired) electrons. The Labute approximate surface area is 131 Å². The highest BCUT2D eigenvalue weighted by molar-refractivity contribution is 5.48. The van der Waals surface area contributed by atoms with Crippen molar-refractivity contribution in [3.05, 3.63) is 59.4 Å². The summed E-state index contributed by atoms with van der Waals surface area (Å²) in [5, 5.41) is 0. The molecule has 1 aromatic carbocycles. The molecule has 1 aliphatic heterocycles. The summed E-state index contributed by atoms with van der Waals surface area (Å²) in [5.41, 5.74) is 0.546. The summed E-state index contributed by atoms with van der Waals surface area (Å²) in [6.45, 7) is 2.49. The Morgan fingerprint density at radius 3 is 2.22 bits per heavy atom. The fraction of sp³-hybridized carbons (Fsp3) is 0.312. The van der Waals surface area contributed by atoms with Crippen LogP contribution in [-0.4, -0.2) is 36.1 Å². The Balaban J connectivity index is 1.62. The van der Waals surface area contributed by atoms with E-state index in [9.17, 15) is 17.6 Å². The number of nitrogens with zero attached hydrogens (tertiary/aromatic N) is 3. The minimum absolute atomic E-state index is 0.188. The average Bonchev–Trinajstić information content (AvgIpc) is 2.51. The van der Waals surface area contributed by atoms with Crippen molar-refractivity contribution >= 4 is 5.69 Å². The second-order valence-corrected chi connectivity index (χ2v) is 5.44. The third kappa shape index (κ3) is 3.61. The van der Waals surface area contributed by atoms with E-state index in [1.807, 2.05) is 9.80 Å². The van der Waals surface area contributed by atoms with Crippen LogP contribution in [0.3, 0.4) is 0 Å². The minimum atomic E-state index is -0.706.